The summed E-state index contributed by atoms with van der Waals surface area (Å²) in [7, 11) is 0. The molecule has 8 nitrogen and oxygen atoms in total. The van der Waals surface area contributed by atoms with Crippen LogP contribution in [0.3, 0.4) is 0 Å². The number of likely N-dealkylation sites (tertiary alicyclic amines) is 1. The van der Waals surface area contributed by atoms with Crippen LogP contribution in [-0.4, -0.2) is 52.5 Å². The Labute approximate surface area is 189 Å². The van der Waals surface area contributed by atoms with Gasteiger partial charge in [0.2, 0.25) is 5.91 Å². The van der Waals surface area contributed by atoms with Gasteiger partial charge >= 0.3 is 6.03 Å². The average Bonchev–Trinajstić information content (AvgIpc) is 3.25. The fourth-order valence-electron chi connectivity index (χ4n) is 4.69. The van der Waals surface area contributed by atoms with Crippen molar-refractivity contribution in [2.24, 2.45) is 5.92 Å². The summed E-state index contributed by atoms with van der Waals surface area (Å²) in [4.78, 5) is 35.4. The van der Waals surface area contributed by atoms with Gasteiger partial charge in [0.05, 0.1) is 23.6 Å². The Kier molecular flexibility index (Phi) is 6.24. The Morgan fingerprint density at radius 1 is 1.25 bits per heavy atom. The quantitative estimate of drug-likeness (QED) is 0.589. The third-order valence-electron chi connectivity index (χ3n) is 6.78. The summed E-state index contributed by atoms with van der Waals surface area (Å²) >= 11 is 0. The molecule has 1 aromatic carbocycles. The van der Waals surface area contributed by atoms with E-state index in [0.29, 0.717) is 44.8 Å². The van der Waals surface area contributed by atoms with Gasteiger partial charge in [0.15, 0.2) is 0 Å². The van der Waals surface area contributed by atoms with Gasteiger partial charge in [0, 0.05) is 37.4 Å². The molecule has 1 spiro atoms. The summed E-state index contributed by atoms with van der Waals surface area (Å²) in [5.41, 5.74) is 4.69. The van der Waals surface area contributed by atoms with Crippen molar-refractivity contribution < 1.29 is 9.59 Å². The number of fused-ring (bicyclic) bond motifs is 2. The number of anilines is 1. The molecule has 0 saturated carbocycles. The molecule has 0 radical (unpaired) electrons. The van der Waals surface area contributed by atoms with E-state index in [1.165, 1.54) is 0 Å². The highest BCUT2D eigenvalue weighted by atomic mass is 16.2. The second kappa shape index (κ2) is 8.94. The maximum Gasteiger partial charge on any atom is 0.321 e. The minimum atomic E-state index is -0.399. The van der Waals surface area contributed by atoms with E-state index < -0.39 is 5.54 Å². The van der Waals surface area contributed by atoms with Gasteiger partial charge in [0.1, 0.15) is 0 Å². The highest BCUT2D eigenvalue weighted by Crippen LogP contribution is 2.37. The standard InChI is InChI=1S/C24H34N6O2/c1-15(2)13-25-22(31)20-12-19-21(27-14-26-19)24(29-20)8-10-30(11-9-24)23(32)28-18-7-5-6-16(3)17(18)4/h5-7,14-15,20,29H,8-13H2,1-4H3,(H,25,31)(H,26,27)(H,28,32)/t20-/m0/s1. The van der Waals surface area contributed by atoms with E-state index in [4.69, 9.17) is 0 Å². The van der Waals surface area contributed by atoms with E-state index >= 15 is 0 Å². The zero-order chi connectivity index (χ0) is 22.9. The molecule has 0 aliphatic carbocycles. The zero-order valence-corrected chi connectivity index (χ0v) is 19.4. The summed E-state index contributed by atoms with van der Waals surface area (Å²) in [6.45, 7) is 10.1. The van der Waals surface area contributed by atoms with Crippen LogP contribution in [0.2, 0.25) is 0 Å². The number of aryl methyl sites for hydroxylation is 1. The van der Waals surface area contributed by atoms with Crippen LogP contribution >= 0.6 is 0 Å². The third-order valence-corrected chi connectivity index (χ3v) is 6.78. The summed E-state index contributed by atoms with van der Waals surface area (Å²) in [6, 6.07) is 5.54. The lowest BCUT2D eigenvalue weighted by atomic mass is 9.78. The van der Waals surface area contributed by atoms with Gasteiger partial charge in [-0.25, -0.2) is 9.78 Å². The Balaban J connectivity index is 1.44. The van der Waals surface area contributed by atoms with E-state index in [1.807, 2.05) is 36.9 Å². The Bertz CT molecular complexity index is 990. The molecule has 2 aliphatic rings. The summed E-state index contributed by atoms with van der Waals surface area (Å²) in [6.07, 6.45) is 3.72. The number of hydrogen-bond acceptors (Lipinski definition) is 4. The van der Waals surface area contributed by atoms with E-state index in [0.717, 1.165) is 28.2 Å². The predicted molar refractivity (Wildman–Crippen MR) is 124 cm³/mol. The minimum absolute atomic E-state index is 0.0217. The van der Waals surface area contributed by atoms with Gasteiger partial charge in [-0.15, -0.1) is 0 Å². The number of amides is 3. The first-order chi connectivity index (χ1) is 15.3. The number of imidazole rings is 1. The molecule has 0 bridgehead atoms. The van der Waals surface area contributed by atoms with Crippen LogP contribution in [0.5, 0.6) is 0 Å². The molecule has 1 saturated heterocycles. The largest absolute Gasteiger partial charge is 0.354 e. The lowest BCUT2D eigenvalue weighted by molar-refractivity contribution is -0.124. The van der Waals surface area contributed by atoms with Crippen LogP contribution in [-0.2, 0) is 16.8 Å². The van der Waals surface area contributed by atoms with Crippen molar-refractivity contribution in [3.8, 4) is 0 Å². The number of nitrogens with one attached hydrogen (secondary N) is 4. The van der Waals surface area contributed by atoms with Crippen LogP contribution in [0, 0.1) is 19.8 Å². The molecule has 8 heteroatoms. The van der Waals surface area contributed by atoms with Crippen LogP contribution < -0.4 is 16.0 Å². The molecule has 1 aromatic heterocycles. The molecule has 0 unspecified atom stereocenters. The first-order valence-corrected chi connectivity index (χ1v) is 11.5. The molecule has 1 fully saturated rings. The second-order valence-electron chi connectivity index (χ2n) is 9.52. The monoisotopic (exact) mass is 438 g/mol. The number of aromatic nitrogens is 2. The number of benzene rings is 1. The van der Waals surface area contributed by atoms with Crippen LogP contribution in [0.4, 0.5) is 10.5 Å². The smallest absolute Gasteiger partial charge is 0.321 e. The number of H-pyrrole nitrogens is 1. The topological polar surface area (TPSA) is 102 Å². The normalized spacial score (nSPS) is 19.7. The fourth-order valence-corrected chi connectivity index (χ4v) is 4.69. The average molecular weight is 439 g/mol. The van der Waals surface area contributed by atoms with Crippen LogP contribution in [0.15, 0.2) is 24.5 Å². The highest BCUT2D eigenvalue weighted by Gasteiger charge is 2.46. The maximum atomic E-state index is 12.9. The first kappa shape index (κ1) is 22.3. The van der Waals surface area contributed by atoms with Crippen molar-refractivity contribution in [3.63, 3.8) is 0 Å². The van der Waals surface area contributed by atoms with Gasteiger partial charge in [-0.1, -0.05) is 26.0 Å². The number of aromatic amines is 1. The van der Waals surface area contributed by atoms with Crippen molar-refractivity contribution in [1.82, 2.24) is 25.5 Å². The number of carbonyl (C=O) groups is 2. The number of nitrogens with zero attached hydrogens (tertiary/aromatic N) is 2. The molecular weight excluding hydrogens is 404 g/mol. The summed E-state index contributed by atoms with van der Waals surface area (Å²) in [5, 5.41) is 9.72. The van der Waals surface area contributed by atoms with E-state index in [-0.39, 0.29) is 18.0 Å². The molecule has 4 rings (SSSR count). The Hall–Kier alpha value is -2.87. The molecule has 4 N–H and O–H groups in total. The minimum Gasteiger partial charge on any atom is -0.354 e. The second-order valence-corrected chi connectivity index (χ2v) is 9.52. The molecule has 3 amide bonds. The van der Waals surface area contributed by atoms with E-state index in [9.17, 15) is 9.59 Å². The van der Waals surface area contributed by atoms with Crippen molar-refractivity contribution >= 4 is 17.6 Å². The molecule has 2 aliphatic heterocycles. The van der Waals surface area contributed by atoms with Crippen LogP contribution in [0.25, 0.3) is 0 Å². The van der Waals surface area contributed by atoms with Crippen LogP contribution in [0.1, 0.15) is 49.2 Å². The van der Waals surface area contributed by atoms with Gasteiger partial charge < -0.3 is 20.5 Å². The van der Waals surface area contributed by atoms with E-state index in [2.05, 4.69) is 39.8 Å². The lowest BCUT2D eigenvalue weighted by Gasteiger charge is -2.46. The van der Waals surface area contributed by atoms with E-state index in [1.54, 1.807) is 6.33 Å². The van der Waals surface area contributed by atoms with Gasteiger partial charge in [-0.05, 0) is 49.8 Å². The number of hydrogen-bond donors (Lipinski definition) is 4. The van der Waals surface area contributed by atoms with Gasteiger partial charge in [0.25, 0.3) is 0 Å². The first-order valence-electron chi connectivity index (χ1n) is 11.5. The lowest BCUT2D eigenvalue weighted by Crippen LogP contribution is -2.62. The van der Waals surface area contributed by atoms with Crippen molar-refractivity contribution in [2.45, 2.75) is 58.5 Å². The Morgan fingerprint density at radius 3 is 2.72 bits per heavy atom. The molecule has 32 heavy (non-hydrogen) atoms. The number of rotatable bonds is 4. The summed E-state index contributed by atoms with van der Waals surface area (Å²) < 4.78 is 0. The summed E-state index contributed by atoms with van der Waals surface area (Å²) in [5.74, 6) is 0.423. The third kappa shape index (κ3) is 4.37. The Morgan fingerprint density at radius 2 is 2.00 bits per heavy atom. The van der Waals surface area contributed by atoms with Crippen molar-refractivity contribution in [2.75, 3.05) is 25.0 Å². The SMILES string of the molecule is Cc1cccc(NC(=O)N2CCC3(CC2)N[C@H](C(=O)NCC(C)C)Cc2[nH]cnc23)c1C. The number of urea groups is 1. The fraction of sp³-hybridized carbons (Fsp3) is 0.542. The molecule has 1 atom stereocenters. The molecule has 3 heterocycles. The number of carbonyl (C=O) groups excluding carboxylic acids is 2. The van der Waals surface area contributed by atoms with Crippen molar-refractivity contribution in [3.05, 3.63) is 47.0 Å². The molecule has 2 aromatic rings. The highest BCUT2D eigenvalue weighted by molar-refractivity contribution is 5.90. The predicted octanol–water partition coefficient (Wildman–Crippen LogP) is 2.84. The van der Waals surface area contributed by atoms with Gasteiger partial charge in [-0.3, -0.25) is 10.1 Å². The zero-order valence-electron chi connectivity index (χ0n) is 19.4. The van der Waals surface area contributed by atoms with Crippen molar-refractivity contribution in [1.29, 1.82) is 0 Å². The molecular formula is C24H34N6O2. The molecule has 172 valence electrons. The number of piperidine rings is 1. The maximum absolute atomic E-state index is 12.9. The van der Waals surface area contributed by atoms with Gasteiger partial charge in [-0.2, -0.15) is 0 Å².